The van der Waals surface area contributed by atoms with Crippen LogP contribution in [0.25, 0.3) is 0 Å². The molecule has 0 radical (unpaired) electrons. The molecule has 1 saturated heterocycles. The number of esters is 1. The van der Waals surface area contributed by atoms with Crippen molar-refractivity contribution in [3.63, 3.8) is 0 Å². The van der Waals surface area contributed by atoms with Crippen molar-refractivity contribution < 1.29 is 18.8 Å². The van der Waals surface area contributed by atoms with E-state index in [-0.39, 0.29) is 28.9 Å². The molecule has 49 heavy (non-hydrogen) atoms. The van der Waals surface area contributed by atoms with Gasteiger partial charge in [-0.15, -0.1) is 0 Å². The zero-order valence-electron chi connectivity index (χ0n) is 29.2. The second kappa shape index (κ2) is 15.6. The van der Waals surface area contributed by atoms with Gasteiger partial charge in [-0.25, -0.2) is 0 Å². The summed E-state index contributed by atoms with van der Waals surface area (Å²) >= 11 is 13.0. The number of likely N-dealkylation sites (tertiary alicyclic amines) is 1. The number of carbonyl (C=O) groups excluding carboxylic acids is 2. The zero-order valence-corrected chi connectivity index (χ0v) is 31.7. The van der Waals surface area contributed by atoms with Gasteiger partial charge in [0, 0.05) is 16.0 Å². The Labute approximate surface area is 302 Å². The van der Waals surface area contributed by atoms with E-state index in [1.54, 1.807) is 6.92 Å². The lowest BCUT2D eigenvalue weighted by Gasteiger charge is -2.50. The second-order valence-corrected chi connectivity index (χ2v) is 19.3. The highest BCUT2D eigenvalue weighted by atomic mass is 35.5. The maximum absolute atomic E-state index is 15.0. The van der Waals surface area contributed by atoms with Gasteiger partial charge in [-0.1, -0.05) is 143 Å². The van der Waals surface area contributed by atoms with Crippen molar-refractivity contribution in [2.75, 3.05) is 13.7 Å². The zero-order chi connectivity index (χ0) is 35.3. The van der Waals surface area contributed by atoms with Crippen LogP contribution in [-0.2, 0) is 18.8 Å². The van der Waals surface area contributed by atoms with Crippen LogP contribution in [0.3, 0.4) is 0 Å². The van der Waals surface area contributed by atoms with E-state index in [1.807, 2.05) is 59.5 Å². The quantitative estimate of drug-likeness (QED) is 0.115. The molecule has 8 heteroatoms. The summed E-state index contributed by atoms with van der Waals surface area (Å²) in [4.78, 5) is 30.0. The van der Waals surface area contributed by atoms with Crippen LogP contribution in [0.1, 0.15) is 70.5 Å². The maximum Gasteiger partial charge on any atom is 0.309 e. The van der Waals surface area contributed by atoms with Crippen molar-refractivity contribution in [3.8, 4) is 0 Å². The van der Waals surface area contributed by atoms with Crippen molar-refractivity contribution in [3.05, 3.63) is 130 Å². The first-order valence-electron chi connectivity index (χ1n) is 17.1. The van der Waals surface area contributed by atoms with Crippen LogP contribution < -0.4 is 10.4 Å². The summed E-state index contributed by atoms with van der Waals surface area (Å²) in [6, 6.07) is 36.0. The summed E-state index contributed by atoms with van der Waals surface area (Å²) in [7, 11) is -1.54. The van der Waals surface area contributed by atoms with Gasteiger partial charge >= 0.3 is 5.97 Å². The molecule has 1 aliphatic heterocycles. The van der Waals surface area contributed by atoms with Gasteiger partial charge in [-0.2, -0.15) is 0 Å². The van der Waals surface area contributed by atoms with Crippen LogP contribution in [0.4, 0.5) is 0 Å². The van der Waals surface area contributed by atoms with Crippen LogP contribution >= 0.6 is 23.2 Å². The van der Waals surface area contributed by atoms with Gasteiger partial charge in [0.25, 0.3) is 8.32 Å². The minimum Gasteiger partial charge on any atom is -0.469 e. The minimum atomic E-state index is -2.92. The van der Waals surface area contributed by atoms with Crippen LogP contribution in [-0.4, -0.2) is 44.9 Å². The molecule has 1 fully saturated rings. The molecular formula is C41H47Cl2NO4Si. The topological polar surface area (TPSA) is 55.8 Å². The molecule has 0 bridgehead atoms. The highest BCUT2D eigenvalue weighted by Crippen LogP contribution is 2.49. The fourth-order valence-corrected chi connectivity index (χ4v) is 12.6. The number of hydrogen-bond acceptors (Lipinski definition) is 4. The molecule has 0 N–H and O–H groups in total. The minimum absolute atomic E-state index is 0.0750. The van der Waals surface area contributed by atoms with Crippen molar-refractivity contribution >= 4 is 53.8 Å². The van der Waals surface area contributed by atoms with Gasteiger partial charge in [-0.3, -0.25) is 9.59 Å². The number of nitrogens with zero attached hydrogens (tertiary/aromatic N) is 1. The lowest BCUT2D eigenvalue weighted by Crippen LogP contribution is -2.67. The molecule has 258 valence electrons. The van der Waals surface area contributed by atoms with E-state index in [0.717, 1.165) is 11.1 Å². The largest absolute Gasteiger partial charge is 0.469 e. The Morgan fingerprint density at radius 1 is 0.857 bits per heavy atom. The third-order valence-electron chi connectivity index (χ3n) is 10.2. The van der Waals surface area contributed by atoms with E-state index in [0.29, 0.717) is 29.5 Å². The molecule has 5 nitrogen and oxygen atoms in total. The molecule has 0 aromatic heterocycles. The van der Waals surface area contributed by atoms with Gasteiger partial charge in [0.1, 0.15) is 0 Å². The number of hydrogen-bond donors (Lipinski definition) is 0. The molecule has 1 heterocycles. The predicted molar refractivity (Wildman–Crippen MR) is 202 cm³/mol. The van der Waals surface area contributed by atoms with Gasteiger partial charge < -0.3 is 14.1 Å². The molecule has 0 spiro atoms. The molecule has 0 aliphatic carbocycles. The van der Waals surface area contributed by atoms with E-state index >= 15 is 0 Å². The van der Waals surface area contributed by atoms with Crippen molar-refractivity contribution in [1.29, 1.82) is 0 Å². The van der Waals surface area contributed by atoms with Crippen molar-refractivity contribution in [2.24, 2.45) is 11.8 Å². The first kappa shape index (κ1) is 36.8. The fraction of sp³-hybridized carbons (Fsp3) is 0.366. The standard InChI is InChI=1S/C41H47Cl2NO4Si/c1-7-33(27-48-49(41(3,4)5,34-17-10-8-11-18-34)35-19-12-9-13-20-35)44-38(29-21-23-31(42)24-22-29)37(30-15-14-16-32(43)25-30)26-36(39(44)45)28(2)40(46)47-6/h8-25,28,33,36-38H,7,26-27H2,1-6H3/t28?,33?,36-,37?,38+/m0/s1. The van der Waals surface area contributed by atoms with Crippen LogP contribution in [0.5, 0.6) is 0 Å². The average Bonchev–Trinajstić information content (AvgIpc) is 3.10. The summed E-state index contributed by atoms with van der Waals surface area (Å²) in [5.41, 5.74) is 1.98. The van der Waals surface area contributed by atoms with Crippen LogP contribution in [0.15, 0.2) is 109 Å². The summed E-state index contributed by atoms with van der Waals surface area (Å²) in [6.45, 7) is 11.0. The van der Waals surface area contributed by atoms with Crippen molar-refractivity contribution in [1.82, 2.24) is 4.90 Å². The Morgan fingerprint density at radius 2 is 1.45 bits per heavy atom. The Kier molecular flexibility index (Phi) is 11.8. The number of carbonyl (C=O) groups is 2. The van der Waals surface area contributed by atoms with Crippen LogP contribution in [0, 0.1) is 11.8 Å². The summed E-state index contributed by atoms with van der Waals surface area (Å²) < 4.78 is 12.6. The van der Waals surface area contributed by atoms with Gasteiger partial charge in [0.2, 0.25) is 5.91 Å². The molecule has 1 amide bonds. The number of ether oxygens (including phenoxy) is 1. The first-order chi connectivity index (χ1) is 23.4. The summed E-state index contributed by atoms with van der Waals surface area (Å²) in [5, 5.41) is 3.36. The monoisotopic (exact) mass is 715 g/mol. The number of amides is 1. The Morgan fingerprint density at radius 3 is 1.96 bits per heavy atom. The molecule has 1 aliphatic rings. The third-order valence-corrected chi connectivity index (χ3v) is 15.7. The summed E-state index contributed by atoms with van der Waals surface area (Å²) in [6.07, 6.45) is 1.11. The van der Waals surface area contributed by atoms with E-state index in [9.17, 15) is 9.59 Å². The molecule has 0 saturated carbocycles. The molecule has 5 rings (SSSR count). The van der Waals surface area contributed by atoms with Gasteiger partial charge in [-0.05, 0) is 63.6 Å². The van der Waals surface area contributed by atoms with E-state index in [2.05, 4.69) is 82.3 Å². The molecule has 4 aromatic carbocycles. The molecule has 3 unspecified atom stereocenters. The number of rotatable bonds is 11. The predicted octanol–water partition coefficient (Wildman–Crippen LogP) is 8.83. The lowest BCUT2D eigenvalue weighted by molar-refractivity contribution is -0.159. The summed E-state index contributed by atoms with van der Waals surface area (Å²) in [5.74, 6) is -1.86. The van der Waals surface area contributed by atoms with Gasteiger partial charge in [0.15, 0.2) is 0 Å². The Bertz CT molecular complexity index is 1670. The fourth-order valence-electron chi connectivity index (χ4n) is 7.69. The highest BCUT2D eigenvalue weighted by molar-refractivity contribution is 6.99. The highest BCUT2D eigenvalue weighted by Gasteiger charge is 2.52. The maximum atomic E-state index is 15.0. The van der Waals surface area contributed by atoms with Crippen molar-refractivity contribution in [2.45, 2.75) is 70.5 Å². The Hall–Kier alpha value is -3.42. The average molecular weight is 717 g/mol. The number of piperidine rings is 1. The molecular weight excluding hydrogens is 669 g/mol. The van der Waals surface area contributed by atoms with E-state index in [4.69, 9.17) is 32.4 Å². The Balaban J connectivity index is 1.67. The number of halogens is 2. The molecule has 5 atom stereocenters. The first-order valence-corrected chi connectivity index (χ1v) is 19.7. The van der Waals surface area contributed by atoms with E-state index in [1.165, 1.54) is 17.5 Å². The third kappa shape index (κ3) is 7.53. The normalized spacial score (nSPS) is 19.7. The SMILES string of the molecule is CCC(CO[Si](c1ccccc1)(c1ccccc1)C(C)(C)C)N1C(=O)[C@H](C(C)C(=O)OC)CC(c2cccc(Cl)c2)[C@H]1c1ccc(Cl)cc1. The smallest absolute Gasteiger partial charge is 0.309 e. The number of benzene rings is 4. The molecule has 4 aromatic rings. The van der Waals surface area contributed by atoms with E-state index < -0.39 is 26.1 Å². The number of methoxy groups -OCH3 is 1. The van der Waals surface area contributed by atoms with Gasteiger partial charge in [0.05, 0.1) is 37.6 Å². The second-order valence-electron chi connectivity index (χ2n) is 14.1. The van der Waals surface area contributed by atoms with Crippen LogP contribution in [0.2, 0.25) is 15.1 Å². The lowest BCUT2D eigenvalue weighted by atomic mass is 9.71.